The van der Waals surface area contributed by atoms with Crippen LogP contribution in [0.25, 0.3) is 0 Å². The second kappa shape index (κ2) is 5.73. The Kier molecular flexibility index (Phi) is 4.78. The minimum Gasteiger partial charge on any atom is -0.487 e. The zero-order chi connectivity index (χ0) is 13.9. The molecule has 0 unspecified atom stereocenters. The second-order valence-corrected chi connectivity index (χ2v) is 6.87. The number of benzene rings is 1. The first-order valence-electron chi connectivity index (χ1n) is 4.50. The lowest BCUT2D eigenvalue weighted by Crippen LogP contribution is -2.04. The molecule has 0 saturated carbocycles. The highest BCUT2D eigenvalue weighted by Gasteiger charge is 2.19. The molecule has 98 valence electrons. The summed E-state index contributed by atoms with van der Waals surface area (Å²) in [5, 5.41) is 8.78. The Morgan fingerprint density at radius 3 is 2.56 bits per heavy atom. The Balaban J connectivity index is 3.26. The van der Waals surface area contributed by atoms with Gasteiger partial charge in [-0.15, -0.1) is 0 Å². The van der Waals surface area contributed by atoms with E-state index in [-0.39, 0.29) is 17.9 Å². The molecule has 0 spiro atoms. The number of aromatic carboxylic acids is 1. The molecule has 0 saturated heterocycles. The van der Waals surface area contributed by atoms with Crippen molar-refractivity contribution in [3.05, 3.63) is 34.8 Å². The zero-order valence-corrected chi connectivity index (χ0v) is 12.0. The number of ether oxygens (including phenoxy) is 1. The molecule has 0 aliphatic carbocycles. The first-order chi connectivity index (χ1) is 8.21. The maximum atomic E-state index is 11.3. The minimum absolute atomic E-state index is 0.0319. The lowest BCUT2D eigenvalue weighted by molar-refractivity contribution is 0.0696. The van der Waals surface area contributed by atoms with Crippen LogP contribution in [-0.2, 0) is 9.05 Å². The molecular formula is C10H8BrClO5S. The molecule has 5 nitrogen and oxygen atoms in total. The lowest BCUT2D eigenvalue weighted by Gasteiger charge is -2.09. The van der Waals surface area contributed by atoms with Crippen molar-refractivity contribution in [1.29, 1.82) is 0 Å². The van der Waals surface area contributed by atoms with Crippen molar-refractivity contribution in [2.75, 3.05) is 6.61 Å². The van der Waals surface area contributed by atoms with E-state index in [2.05, 4.69) is 22.5 Å². The van der Waals surface area contributed by atoms with Crippen LogP contribution in [0.2, 0.25) is 0 Å². The van der Waals surface area contributed by atoms with E-state index in [1.165, 1.54) is 12.1 Å². The van der Waals surface area contributed by atoms with Gasteiger partial charge in [0, 0.05) is 15.2 Å². The van der Waals surface area contributed by atoms with E-state index in [1.807, 2.05) is 0 Å². The van der Waals surface area contributed by atoms with Gasteiger partial charge in [-0.2, -0.15) is 0 Å². The summed E-state index contributed by atoms with van der Waals surface area (Å²) < 4.78 is 28.3. The third-order valence-electron chi connectivity index (χ3n) is 1.84. The predicted molar refractivity (Wildman–Crippen MR) is 70.0 cm³/mol. The average molecular weight is 356 g/mol. The molecule has 0 aliphatic heterocycles. The summed E-state index contributed by atoms with van der Waals surface area (Å²) in [6.45, 7) is 3.56. The number of carbonyl (C=O) groups is 1. The van der Waals surface area contributed by atoms with Crippen molar-refractivity contribution in [1.82, 2.24) is 0 Å². The van der Waals surface area contributed by atoms with Gasteiger partial charge in [-0.05, 0) is 18.2 Å². The van der Waals surface area contributed by atoms with E-state index in [1.54, 1.807) is 0 Å². The summed E-state index contributed by atoms with van der Waals surface area (Å²) in [5.41, 5.74) is -0.195. The van der Waals surface area contributed by atoms with Gasteiger partial charge in [0.15, 0.2) is 0 Å². The molecule has 0 radical (unpaired) electrons. The Morgan fingerprint density at radius 1 is 1.50 bits per heavy atom. The predicted octanol–water partition coefficient (Wildman–Crippen LogP) is 2.60. The number of hydrogen-bond acceptors (Lipinski definition) is 4. The molecule has 1 aromatic carbocycles. The Bertz CT molecular complexity index is 596. The summed E-state index contributed by atoms with van der Waals surface area (Å²) in [5.74, 6) is -1.29. The third kappa shape index (κ3) is 4.01. The van der Waals surface area contributed by atoms with E-state index < -0.39 is 19.9 Å². The lowest BCUT2D eigenvalue weighted by atomic mass is 10.2. The van der Waals surface area contributed by atoms with Gasteiger partial charge < -0.3 is 9.84 Å². The first-order valence-corrected chi connectivity index (χ1v) is 7.60. The van der Waals surface area contributed by atoms with Crippen LogP contribution in [0.1, 0.15) is 10.4 Å². The number of halogens is 2. The van der Waals surface area contributed by atoms with Crippen LogP contribution in [-0.4, -0.2) is 26.1 Å². The minimum atomic E-state index is -4.10. The monoisotopic (exact) mass is 354 g/mol. The number of carboxylic acid groups (broad SMARTS) is 1. The summed E-state index contributed by atoms with van der Waals surface area (Å²) in [6, 6.07) is 3.39. The van der Waals surface area contributed by atoms with Gasteiger partial charge in [0.05, 0.1) is 5.56 Å². The molecule has 0 heterocycles. The standard InChI is InChI=1S/C10H8BrClO5S/c1-6(11)5-17-8-3-2-7(10(13)14)4-9(8)18(12,15)16/h2-4H,1,5H2,(H,13,14). The smallest absolute Gasteiger partial charge is 0.335 e. The van der Waals surface area contributed by atoms with Crippen molar-refractivity contribution in [2.24, 2.45) is 0 Å². The highest BCUT2D eigenvalue weighted by Crippen LogP contribution is 2.28. The number of carboxylic acids is 1. The van der Waals surface area contributed by atoms with Gasteiger partial charge in [0.25, 0.3) is 9.05 Å². The molecule has 0 bridgehead atoms. The van der Waals surface area contributed by atoms with E-state index in [9.17, 15) is 13.2 Å². The Hall–Kier alpha value is -1.05. The quantitative estimate of drug-likeness (QED) is 0.821. The fourth-order valence-corrected chi connectivity index (χ4v) is 2.22. The molecule has 1 aromatic rings. The van der Waals surface area contributed by atoms with Crippen LogP contribution in [0.4, 0.5) is 0 Å². The van der Waals surface area contributed by atoms with E-state index in [4.69, 9.17) is 20.5 Å². The van der Waals surface area contributed by atoms with Gasteiger partial charge in [0.2, 0.25) is 0 Å². The van der Waals surface area contributed by atoms with E-state index >= 15 is 0 Å². The van der Waals surface area contributed by atoms with Gasteiger partial charge in [-0.1, -0.05) is 22.5 Å². The van der Waals surface area contributed by atoms with Crippen LogP contribution in [0.5, 0.6) is 5.75 Å². The molecular weight excluding hydrogens is 348 g/mol. The molecule has 1 N–H and O–H groups in total. The van der Waals surface area contributed by atoms with E-state index in [0.29, 0.717) is 4.48 Å². The molecule has 0 atom stereocenters. The molecule has 0 amide bonds. The van der Waals surface area contributed by atoms with Gasteiger partial charge >= 0.3 is 5.97 Å². The van der Waals surface area contributed by atoms with Gasteiger partial charge in [0.1, 0.15) is 17.3 Å². The molecule has 8 heteroatoms. The van der Waals surface area contributed by atoms with Gasteiger partial charge in [-0.25, -0.2) is 13.2 Å². The Morgan fingerprint density at radius 2 is 2.11 bits per heavy atom. The number of hydrogen-bond donors (Lipinski definition) is 1. The van der Waals surface area contributed by atoms with Crippen molar-refractivity contribution in [3.63, 3.8) is 0 Å². The molecule has 1 rings (SSSR count). The fraction of sp³-hybridized carbons (Fsp3) is 0.100. The molecule has 0 fully saturated rings. The van der Waals surface area contributed by atoms with Crippen LogP contribution in [0.3, 0.4) is 0 Å². The van der Waals surface area contributed by atoms with Gasteiger partial charge in [-0.3, -0.25) is 0 Å². The normalized spacial score (nSPS) is 11.0. The summed E-state index contributed by atoms with van der Waals surface area (Å²) in [7, 11) is 1.12. The number of rotatable bonds is 5. The highest BCUT2D eigenvalue weighted by atomic mass is 79.9. The Labute approximate surface area is 117 Å². The molecule has 0 aliphatic rings. The van der Waals surface area contributed by atoms with Crippen LogP contribution in [0.15, 0.2) is 34.2 Å². The third-order valence-corrected chi connectivity index (χ3v) is 3.41. The first kappa shape index (κ1) is 15.0. The van der Waals surface area contributed by atoms with Crippen LogP contribution >= 0.6 is 26.6 Å². The maximum Gasteiger partial charge on any atom is 0.335 e. The second-order valence-electron chi connectivity index (χ2n) is 3.21. The largest absolute Gasteiger partial charge is 0.487 e. The summed E-state index contributed by atoms with van der Waals surface area (Å²) in [4.78, 5) is 10.4. The molecule has 18 heavy (non-hydrogen) atoms. The van der Waals surface area contributed by atoms with E-state index in [0.717, 1.165) is 6.07 Å². The molecule has 0 aromatic heterocycles. The van der Waals surface area contributed by atoms with Crippen LogP contribution in [0, 0.1) is 0 Å². The van der Waals surface area contributed by atoms with Crippen LogP contribution < -0.4 is 4.74 Å². The van der Waals surface area contributed by atoms with Crippen molar-refractivity contribution < 1.29 is 23.1 Å². The summed E-state index contributed by atoms with van der Waals surface area (Å²) in [6.07, 6.45) is 0. The fourth-order valence-electron chi connectivity index (χ4n) is 1.11. The van der Waals surface area contributed by atoms with Crippen molar-refractivity contribution in [3.8, 4) is 5.75 Å². The zero-order valence-electron chi connectivity index (χ0n) is 8.89. The maximum absolute atomic E-state index is 11.3. The summed E-state index contributed by atoms with van der Waals surface area (Å²) >= 11 is 3.05. The topological polar surface area (TPSA) is 80.7 Å². The van der Waals surface area contributed by atoms with Crippen molar-refractivity contribution in [2.45, 2.75) is 4.90 Å². The SMILES string of the molecule is C=C(Br)COc1ccc(C(=O)O)cc1S(=O)(=O)Cl. The highest BCUT2D eigenvalue weighted by molar-refractivity contribution is 9.11. The van der Waals surface area contributed by atoms with Crippen molar-refractivity contribution >= 4 is 41.6 Å². The average Bonchev–Trinajstić information content (AvgIpc) is 2.24.